The summed E-state index contributed by atoms with van der Waals surface area (Å²) >= 11 is 0. The Morgan fingerprint density at radius 1 is 1.38 bits per heavy atom. The largest absolute Gasteiger partial charge is 0.508 e. The van der Waals surface area contributed by atoms with Gasteiger partial charge in [-0.3, -0.25) is 0 Å². The third-order valence-electron chi connectivity index (χ3n) is 3.14. The first-order valence-electron chi connectivity index (χ1n) is 5.26. The second kappa shape index (κ2) is 4.06. The van der Waals surface area contributed by atoms with Crippen LogP contribution in [-0.2, 0) is 10.3 Å². The van der Waals surface area contributed by atoms with Crippen molar-refractivity contribution >= 4 is 6.08 Å². The number of rotatable bonds is 2. The van der Waals surface area contributed by atoms with E-state index in [0.29, 0.717) is 18.4 Å². The van der Waals surface area contributed by atoms with Crippen LogP contribution in [0.1, 0.15) is 31.2 Å². The molecule has 2 rings (SSSR count). The number of benzene rings is 1. The number of nitrogens with zero attached hydrogens (tertiary/aromatic N) is 1. The number of hydrogen-bond acceptors (Lipinski definition) is 3. The van der Waals surface area contributed by atoms with Gasteiger partial charge >= 0.3 is 0 Å². The lowest BCUT2D eigenvalue weighted by molar-refractivity contribution is 0.423. The van der Waals surface area contributed by atoms with Crippen LogP contribution in [0.25, 0.3) is 0 Å². The number of phenols is 1. The lowest BCUT2D eigenvalue weighted by Crippen LogP contribution is -2.20. The van der Waals surface area contributed by atoms with Gasteiger partial charge in [0.1, 0.15) is 17.1 Å². The van der Waals surface area contributed by atoms with Crippen molar-refractivity contribution in [2.24, 2.45) is 4.99 Å². The van der Waals surface area contributed by atoms with Gasteiger partial charge in [0.2, 0.25) is 6.08 Å². The van der Waals surface area contributed by atoms with Gasteiger partial charge in [-0.2, -0.15) is 4.99 Å². The summed E-state index contributed by atoms with van der Waals surface area (Å²) in [7, 11) is 0. The molecule has 1 N–H and O–H groups in total. The van der Waals surface area contributed by atoms with E-state index < -0.39 is 11.4 Å². The van der Waals surface area contributed by atoms with Crippen molar-refractivity contribution < 1.29 is 14.3 Å². The number of phenolic OH excluding ortho intramolecular Hbond substituents is 1. The first-order chi connectivity index (χ1) is 7.68. The molecule has 1 saturated carbocycles. The highest BCUT2D eigenvalue weighted by Gasteiger charge is 2.37. The van der Waals surface area contributed by atoms with Crippen molar-refractivity contribution in [3.05, 3.63) is 29.6 Å². The number of isocyanates is 1. The zero-order valence-corrected chi connectivity index (χ0v) is 8.74. The van der Waals surface area contributed by atoms with Crippen LogP contribution in [0.3, 0.4) is 0 Å². The van der Waals surface area contributed by atoms with E-state index in [-0.39, 0.29) is 5.75 Å². The highest BCUT2D eigenvalue weighted by molar-refractivity contribution is 5.40. The number of aliphatic imine (C=N–C) groups is 1. The maximum Gasteiger partial charge on any atom is 0.235 e. The summed E-state index contributed by atoms with van der Waals surface area (Å²) in [5.74, 6) is -0.634. The highest BCUT2D eigenvalue weighted by atomic mass is 19.1. The van der Waals surface area contributed by atoms with Gasteiger partial charge in [0.15, 0.2) is 0 Å². The summed E-state index contributed by atoms with van der Waals surface area (Å²) in [6.45, 7) is 0. The van der Waals surface area contributed by atoms with E-state index >= 15 is 0 Å². The predicted molar refractivity (Wildman–Crippen MR) is 56.3 cm³/mol. The van der Waals surface area contributed by atoms with Crippen molar-refractivity contribution in [3.8, 4) is 5.75 Å². The maximum absolute atomic E-state index is 13.7. The zero-order valence-electron chi connectivity index (χ0n) is 8.74. The first kappa shape index (κ1) is 10.8. The minimum absolute atomic E-state index is 0.121. The Labute approximate surface area is 92.6 Å². The molecule has 0 amide bonds. The zero-order chi connectivity index (χ0) is 11.6. The normalized spacial score (nSPS) is 18.1. The van der Waals surface area contributed by atoms with Gasteiger partial charge in [0.05, 0.1) is 0 Å². The Balaban J connectivity index is 2.51. The summed E-state index contributed by atoms with van der Waals surface area (Å²) in [6, 6.07) is 3.96. The quantitative estimate of drug-likeness (QED) is 0.616. The molecule has 1 aromatic rings. The van der Waals surface area contributed by atoms with Gasteiger partial charge in [0.25, 0.3) is 0 Å². The average molecular weight is 221 g/mol. The van der Waals surface area contributed by atoms with Crippen LogP contribution < -0.4 is 0 Å². The lowest BCUT2D eigenvalue weighted by atomic mass is 9.88. The van der Waals surface area contributed by atoms with Gasteiger partial charge in [-0.25, -0.2) is 9.18 Å². The topological polar surface area (TPSA) is 49.7 Å². The van der Waals surface area contributed by atoms with Gasteiger partial charge in [0, 0.05) is 11.6 Å². The summed E-state index contributed by atoms with van der Waals surface area (Å²) in [5, 5.41) is 9.15. The van der Waals surface area contributed by atoms with Crippen LogP contribution in [-0.4, -0.2) is 11.2 Å². The molecule has 4 heteroatoms. The molecule has 0 aliphatic heterocycles. The Hall–Kier alpha value is -1.67. The van der Waals surface area contributed by atoms with E-state index in [1.165, 1.54) is 18.2 Å². The molecule has 0 heterocycles. The smallest absolute Gasteiger partial charge is 0.235 e. The van der Waals surface area contributed by atoms with Gasteiger partial charge in [-0.1, -0.05) is 12.8 Å². The van der Waals surface area contributed by atoms with Crippen LogP contribution in [0, 0.1) is 5.82 Å². The van der Waals surface area contributed by atoms with Crippen LogP contribution >= 0.6 is 0 Å². The van der Waals surface area contributed by atoms with Crippen LogP contribution in [0.4, 0.5) is 4.39 Å². The van der Waals surface area contributed by atoms with Crippen LogP contribution in [0.5, 0.6) is 5.75 Å². The van der Waals surface area contributed by atoms with E-state index in [1.54, 1.807) is 0 Å². The van der Waals surface area contributed by atoms with E-state index in [0.717, 1.165) is 18.9 Å². The average Bonchev–Trinajstić information content (AvgIpc) is 2.67. The monoisotopic (exact) mass is 221 g/mol. The van der Waals surface area contributed by atoms with Crippen LogP contribution in [0.15, 0.2) is 23.2 Å². The molecule has 0 saturated heterocycles. The third kappa shape index (κ3) is 1.72. The second-order valence-electron chi connectivity index (χ2n) is 4.11. The summed E-state index contributed by atoms with van der Waals surface area (Å²) < 4.78 is 13.7. The molecule has 1 aliphatic carbocycles. The Kier molecular flexibility index (Phi) is 2.75. The molecule has 1 aromatic carbocycles. The molecule has 0 unspecified atom stereocenters. The van der Waals surface area contributed by atoms with Crippen LogP contribution in [0.2, 0.25) is 0 Å². The first-order valence-corrected chi connectivity index (χ1v) is 5.26. The van der Waals surface area contributed by atoms with Crippen molar-refractivity contribution in [3.63, 3.8) is 0 Å². The summed E-state index contributed by atoms with van der Waals surface area (Å²) in [6.07, 6.45) is 4.69. The molecule has 0 bridgehead atoms. The lowest BCUT2D eigenvalue weighted by Gasteiger charge is -2.23. The Morgan fingerprint density at radius 3 is 2.62 bits per heavy atom. The molecule has 84 valence electrons. The molecule has 1 aliphatic rings. The molecule has 0 radical (unpaired) electrons. The SMILES string of the molecule is O=C=NC1(c2ccc(O)cc2F)CCCC1. The minimum atomic E-state index is -0.764. The van der Waals surface area contributed by atoms with E-state index in [2.05, 4.69) is 4.99 Å². The molecule has 1 fully saturated rings. The number of halogens is 1. The van der Waals surface area contributed by atoms with Gasteiger partial charge in [-0.15, -0.1) is 0 Å². The van der Waals surface area contributed by atoms with Crippen molar-refractivity contribution in [2.75, 3.05) is 0 Å². The third-order valence-corrected chi connectivity index (χ3v) is 3.14. The number of carbonyl (C=O) groups excluding carboxylic acids is 1. The fraction of sp³-hybridized carbons (Fsp3) is 0.417. The molecule has 0 aromatic heterocycles. The molecule has 3 nitrogen and oxygen atoms in total. The molecular weight excluding hydrogens is 209 g/mol. The Bertz CT molecular complexity index is 446. The second-order valence-corrected chi connectivity index (χ2v) is 4.11. The van der Waals surface area contributed by atoms with Gasteiger partial charge < -0.3 is 5.11 Å². The molecular formula is C12H12FNO2. The standard InChI is InChI=1S/C12H12FNO2/c13-11-7-9(16)3-4-10(11)12(14-8-15)5-1-2-6-12/h3-4,7,16H,1-2,5-6H2. The Morgan fingerprint density at radius 2 is 2.06 bits per heavy atom. The van der Waals surface area contributed by atoms with Crippen molar-refractivity contribution in [1.29, 1.82) is 0 Å². The minimum Gasteiger partial charge on any atom is -0.508 e. The molecule has 0 spiro atoms. The summed E-state index contributed by atoms with van der Waals surface area (Å²) in [5.41, 5.74) is -0.384. The highest BCUT2D eigenvalue weighted by Crippen LogP contribution is 2.43. The number of hydrogen-bond donors (Lipinski definition) is 1. The molecule has 0 atom stereocenters. The summed E-state index contributed by atoms with van der Waals surface area (Å²) in [4.78, 5) is 14.2. The fourth-order valence-corrected chi connectivity index (χ4v) is 2.37. The van der Waals surface area contributed by atoms with Crippen molar-refractivity contribution in [2.45, 2.75) is 31.2 Å². The fourth-order valence-electron chi connectivity index (χ4n) is 2.37. The van der Waals surface area contributed by atoms with E-state index in [4.69, 9.17) is 5.11 Å². The van der Waals surface area contributed by atoms with Gasteiger partial charge in [-0.05, 0) is 25.0 Å². The van der Waals surface area contributed by atoms with Crippen molar-refractivity contribution in [1.82, 2.24) is 0 Å². The van der Waals surface area contributed by atoms with E-state index in [9.17, 15) is 9.18 Å². The predicted octanol–water partition coefficient (Wildman–Crippen LogP) is 2.64. The number of aromatic hydroxyl groups is 1. The molecule has 16 heavy (non-hydrogen) atoms. The maximum atomic E-state index is 13.7. The van der Waals surface area contributed by atoms with E-state index in [1.807, 2.05) is 0 Å².